The molecule has 1 amide bonds. The first-order valence-corrected chi connectivity index (χ1v) is 10.7. The number of allylic oxidation sites excluding steroid dienone is 2. The number of nitrogens with zero attached hydrogens (tertiary/aromatic N) is 3. The number of amides is 1. The van der Waals surface area contributed by atoms with Gasteiger partial charge in [0.25, 0.3) is 5.91 Å². The molecule has 5 heterocycles. The van der Waals surface area contributed by atoms with E-state index in [1.807, 2.05) is 37.2 Å². The molecule has 2 aromatic heterocycles. The van der Waals surface area contributed by atoms with Gasteiger partial charge in [0.15, 0.2) is 0 Å². The molecule has 2 atom stereocenters. The van der Waals surface area contributed by atoms with Crippen molar-refractivity contribution in [1.29, 1.82) is 0 Å². The Balaban J connectivity index is 1.47. The number of aromatic nitrogens is 2. The molecule has 0 spiro atoms. The average Bonchev–Trinajstić information content (AvgIpc) is 3.13. The monoisotopic (exact) mass is 390 g/mol. The zero-order chi connectivity index (χ0) is 19.3. The number of carbonyl (C=O) groups excluding carboxylic acids is 1. The number of rotatable bonds is 2. The summed E-state index contributed by atoms with van der Waals surface area (Å²) in [6.45, 7) is 5.93. The highest BCUT2D eigenvalue weighted by molar-refractivity contribution is 7.51. The summed E-state index contributed by atoms with van der Waals surface area (Å²) in [5.74, 6) is 0.180. The molecule has 142 valence electrons. The van der Waals surface area contributed by atoms with E-state index in [0.717, 1.165) is 47.3 Å². The molecule has 5 nitrogen and oxygen atoms in total. The molecule has 3 aliphatic heterocycles. The van der Waals surface area contributed by atoms with Crippen LogP contribution in [0.2, 0.25) is 0 Å². The van der Waals surface area contributed by atoms with Gasteiger partial charge < -0.3 is 14.6 Å². The molecule has 0 aliphatic carbocycles. The van der Waals surface area contributed by atoms with E-state index in [1.54, 1.807) is 0 Å². The Morgan fingerprint density at radius 1 is 1.29 bits per heavy atom. The van der Waals surface area contributed by atoms with Gasteiger partial charge in [-0.15, -0.1) is 0 Å². The Labute approximate surface area is 166 Å². The Hall–Kier alpha value is -2.49. The van der Waals surface area contributed by atoms with Crippen LogP contribution >= 0.6 is 8.58 Å². The van der Waals surface area contributed by atoms with Gasteiger partial charge in [-0.25, -0.2) is 0 Å². The van der Waals surface area contributed by atoms with Crippen LogP contribution in [-0.4, -0.2) is 39.1 Å². The van der Waals surface area contributed by atoms with Crippen molar-refractivity contribution in [2.45, 2.75) is 26.1 Å². The second-order valence-electron chi connectivity index (χ2n) is 7.51. The number of carbonyl (C=O) groups is 1. The second-order valence-corrected chi connectivity index (χ2v) is 8.93. The molecule has 5 rings (SSSR count). The predicted octanol–water partition coefficient (Wildman–Crippen LogP) is 3.51. The van der Waals surface area contributed by atoms with Crippen LogP contribution in [0.4, 0.5) is 0 Å². The maximum atomic E-state index is 12.9. The largest absolute Gasteiger partial charge is 0.320 e. The third kappa shape index (κ3) is 3.05. The Morgan fingerprint density at radius 2 is 2.18 bits per heavy atom. The first-order chi connectivity index (χ1) is 13.6. The van der Waals surface area contributed by atoms with Crippen molar-refractivity contribution in [3.05, 3.63) is 77.1 Å². The first-order valence-electron chi connectivity index (χ1n) is 9.65. The third-order valence-electron chi connectivity index (χ3n) is 5.50. The summed E-state index contributed by atoms with van der Waals surface area (Å²) in [5, 5.41) is 4.46. The number of aryl methyl sites for hydroxylation is 2. The fourth-order valence-corrected chi connectivity index (χ4v) is 5.46. The quantitative estimate of drug-likeness (QED) is 0.799. The summed E-state index contributed by atoms with van der Waals surface area (Å²) < 4.78 is 2.12. The maximum Gasteiger partial charge on any atom is 0.252 e. The highest BCUT2D eigenvalue weighted by Gasteiger charge is 2.29. The summed E-state index contributed by atoms with van der Waals surface area (Å²) in [6.07, 6.45) is 15.6. The van der Waals surface area contributed by atoms with E-state index in [-0.39, 0.29) is 11.7 Å². The molecule has 0 saturated carbocycles. The van der Waals surface area contributed by atoms with Crippen molar-refractivity contribution in [2.75, 3.05) is 13.1 Å². The number of fused-ring (bicyclic) bond motifs is 2. The number of hydrogen-bond donors (Lipinski definition) is 1. The van der Waals surface area contributed by atoms with E-state index in [1.165, 1.54) is 11.1 Å². The maximum absolute atomic E-state index is 12.9. The van der Waals surface area contributed by atoms with Crippen molar-refractivity contribution in [3.8, 4) is 0 Å². The van der Waals surface area contributed by atoms with Crippen LogP contribution < -0.4 is 5.32 Å². The summed E-state index contributed by atoms with van der Waals surface area (Å²) >= 11 is 0. The average molecular weight is 390 g/mol. The Morgan fingerprint density at radius 3 is 3.00 bits per heavy atom. The van der Waals surface area contributed by atoms with E-state index in [4.69, 9.17) is 0 Å². The third-order valence-corrected chi connectivity index (χ3v) is 7.01. The highest BCUT2D eigenvalue weighted by atomic mass is 31.1. The molecule has 3 aliphatic rings. The highest BCUT2D eigenvalue weighted by Crippen LogP contribution is 2.45. The molecule has 6 heteroatoms. The van der Waals surface area contributed by atoms with Gasteiger partial charge in [0, 0.05) is 36.8 Å². The van der Waals surface area contributed by atoms with Gasteiger partial charge in [-0.1, -0.05) is 26.8 Å². The van der Waals surface area contributed by atoms with E-state index in [0.29, 0.717) is 8.58 Å². The lowest BCUT2D eigenvalue weighted by atomic mass is 9.99. The van der Waals surface area contributed by atoms with E-state index >= 15 is 0 Å². The second kappa shape index (κ2) is 6.84. The minimum Gasteiger partial charge on any atom is -0.320 e. The van der Waals surface area contributed by atoms with E-state index < -0.39 is 0 Å². The lowest BCUT2D eigenvalue weighted by Gasteiger charge is -2.34. The van der Waals surface area contributed by atoms with Gasteiger partial charge in [-0.05, 0) is 49.3 Å². The fraction of sp³-hybridized carbons (Fsp3) is 0.273. The summed E-state index contributed by atoms with van der Waals surface area (Å²) in [4.78, 5) is 19.3. The van der Waals surface area contributed by atoms with Gasteiger partial charge in [0.05, 0.1) is 22.7 Å². The summed E-state index contributed by atoms with van der Waals surface area (Å²) in [7, 11) is 0.533. The van der Waals surface area contributed by atoms with Crippen molar-refractivity contribution < 1.29 is 4.79 Å². The van der Waals surface area contributed by atoms with Crippen LogP contribution in [0.1, 0.15) is 23.4 Å². The lowest BCUT2D eigenvalue weighted by Crippen LogP contribution is -2.35. The first kappa shape index (κ1) is 17.6. The normalized spacial score (nSPS) is 22.9. The van der Waals surface area contributed by atoms with Gasteiger partial charge in [-0.3, -0.25) is 9.78 Å². The Kier molecular flexibility index (Phi) is 4.30. The molecule has 0 saturated heterocycles. The SMILES string of the molecule is Cc1cn2cc(C3=CC(=O)N4C=C(C5=CCNCC5)C=CC4P3)cc2c(C)n1. The van der Waals surface area contributed by atoms with Crippen molar-refractivity contribution in [3.63, 3.8) is 0 Å². The van der Waals surface area contributed by atoms with Gasteiger partial charge in [-0.2, -0.15) is 0 Å². The van der Waals surface area contributed by atoms with Crippen LogP contribution in [0.3, 0.4) is 0 Å². The molecule has 0 bridgehead atoms. The van der Waals surface area contributed by atoms with Gasteiger partial charge in [0.1, 0.15) is 0 Å². The van der Waals surface area contributed by atoms with Crippen LogP contribution in [0, 0.1) is 13.8 Å². The smallest absolute Gasteiger partial charge is 0.252 e. The minimum absolute atomic E-state index is 0.0661. The molecular formula is C22H23N4OP. The van der Waals surface area contributed by atoms with Crippen LogP contribution in [0.25, 0.3) is 10.8 Å². The number of hydrogen-bond acceptors (Lipinski definition) is 3. The molecule has 2 unspecified atom stereocenters. The van der Waals surface area contributed by atoms with E-state index in [9.17, 15) is 4.79 Å². The predicted molar refractivity (Wildman–Crippen MR) is 114 cm³/mol. The molecular weight excluding hydrogens is 367 g/mol. The molecule has 2 aromatic rings. The molecule has 0 radical (unpaired) electrons. The van der Waals surface area contributed by atoms with Gasteiger partial charge in [0.2, 0.25) is 0 Å². The zero-order valence-electron chi connectivity index (χ0n) is 16.1. The van der Waals surface area contributed by atoms with Crippen molar-refractivity contribution in [2.24, 2.45) is 0 Å². The Bertz CT molecular complexity index is 1110. The van der Waals surface area contributed by atoms with Crippen LogP contribution in [0.5, 0.6) is 0 Å². The minimum atomic E-state index is 0.0661. The standard InChI is InChI=1S/C22H23N4OP/c1-14-11-25-12-18(9-19(25)15(2)24-14)20-10-21(27)26-13-17(3-4-22(26)28-20)16-5-7-23-8-6-16/h3-5,9-13,22-23,28H,6-8H2,1-2H3. The van der Waals surface area contributed by atoms with Crippen LogP contribution in [0.15, 0.2) is 60.1 Å². The lowest BCUT2D eigenvalue weighted by molar-refractivity contribution is -0.123. The summed E-state index contributed by atoms with van der Waals surface area (Å²) in [6, 6.07) is 2.15. The molecule has 28 heavy (non-hydrogen) atoms. The fourth-order valence-electron chi connectivity index (χ4n) is 4.10. The molecule has 0 fully saturated rings. The van der Waals surface area contributed by atoms with Crippen LogP contribution in [-0.2, 0) is 4.79 Å². The summed E-state index contributed by atoms with van der Waals surface area (Å²) in [5.41, 5.74) is 6.72. The van der Waals surface area contributed by atoms with Crippen molar-refractivity contribution in [1.82, 2.24) is 19.6 Å². The van der Waals surface area contributed by atoms with Crippen molar-refractivity contribution >= 4 is 25.3 Å². The molecule has 1 N–H and O–H groups in total. The zero-order valence-corrected chi connectivity index (χ0v) is 17.1. The van der Waals surface area contributed by atoms with E-state index in [2.05, 4.69) is 45.2 Å². The number of nitrogens with one attached hydrogen (secondary N) is 1. The topological polar surface area (TPSA) is 49.6 Å². The van der Waals surface area contributed by atoms with Gasteiger partial charge >= 0.3 is 0 Å². The molecule has 0 aromatic carbocycles.